The van der Waals surface area contributed by atoms with Crippen LogP contribution in [-0.4, -0.2) is 27.7 Å². The molecule has 0 radical (unpaired) electrons. The van der Waals surface area contributed by atoms with Crippen molar-refractivity contribution in [3.8, 4) is 0 Å². The number of aromatic nitrogens is 3. The van der Waals surface area contributed by atoms with E-state index in [-0.39, 0.29) is 5.38 Å². The molecule has 0 bridgehead atoms. The van der Waals surface area contributed by atoms with Crippen LogP contribution in [0.2, 0.25) is 5.02 Å². The SMILES string of the molecule is CC(C)CCOCCn1c(C(C)Cl)nc2cc(Cl)cnc21. The van der Waals surface area contributed by atoms with Gasteiger partial charge in [-0.15, -0.1) is 11.6 Å². The first-order valence-electron chi connectivity index (χ1n) is 7.22. The number of alkyl halides is 1. The lowest BCUT2D eigenvalue weighted by atomic mass is 10.1. The fraction of sp³-hybridized carbons (Fsp3) is 0.600. The summed E-state index contributed by atoms with van der Waals surface area (Å²) in [6, 6.07) is 1.81. The number of hydrogen-bond donors (Lipinski definition) is 0. The molecule has 0 aromatic carbocycles. The Bertz CT molecular complexity index is 596. The van der Waals surface area contributed by atoms with E-state index >= 15 is 0 Å². The second-order valence-electron chi connectivity index (χ2n) is 5.53. The molecule has 0 aliphatic carbocycles. The van der Waals surface area contributed by atoms with Crippen LogP contribution in [0.4, 0.5) is 0 Å². The number of fused-ring (bicyclic) bond motifs is 1. The first kappa shape index (κ1) is 16.5. The highest BCUT2D eigenvalue weighted by Crippen LogP contribution is 2.24. The summed E-state index contributed by atoms with van der Waals surface area (Å²) in [7, 11) is 0. The number of halogens is 2. The van der Waals surface area contributed by atoms with E-state index in [1.165, 1.54) is 0 Å². The number of imidazole rings is 1. The van der Waals surface area contributed by atoms with E-state index in [0.717, 1.165) is 30.0 Å². The molecule has 0 aliphatic rings. The maximum Gasteiger partial charge on any atom is 0.160 e. The zero-order chi connectivity index (χ0) is 15.4. The largest absolute Gasteiger partial charge is 0.380 e. The highest BCUT2D eigenvalue weighted by atomic mass is 35.5. The average molecular weight is 330 g/mol. The summed E-state index contributed by atoms with van der Waals surface area (Å²) in [6.07, 6.45) is 2.70. The summed E-state index contributed by atoms with van der Waals surface area (Å²) >= 11 is 12.2. The van der Waals surface area contributed by atoms with Gasteiger partial charge in [0.1, 0.15) is 11.3 Å². The van der Waals surface area contributed by atoms with Gasteiger partial charge in [-0.2, -0.15) is 0 Å². The smallest absolute Gasteiger partial charge is 0.160 e. The lowest BCUT2D eigenvalue weighted by Crippen LogP contribution is -2.11. The second-order valence-corrected chi connectivity index (χ2v) is 6.62. The van der Waals surface area contributed by atoms with Gasteiger partial charge in [0.25, 0.3) is 0 Å². The van der Waals surface area contributed by atoms with Gasteiger partial charge < -0.3 is 9.30 Å². The molecule has 0 saturated heterocycles. The molecule has 2 aromatic heterocycles. The maximum atomic E-state index is 6.22. The number of pyridine rings is 1. The van der Waals surface area contributed by atoms with Gasteiger partial charge in [-0.25, -0.2) is 9.97 Å². The van der Waals surface area contributed by atoms with Crippen molar-refractivity contribution in [1.29, 1.82) is 0 Å². The minimum atomic E-state index is -0.186. The zero-order valence-corrected chi connectivity index (χ0v) is 14.2. The van der Waals surface area contributed by atoms with Crippen LogP contribution in [0.3, 0.4) is 0 Å². The first-order chi connectivity index (χ1) is 9.99. The lowest BCUT2D eigenvalue weighted by molar-refractivity contribution is 0.116. The second kappa shape index (κ2) is 7.43. The molecule has 0 N–H and O–H groups in total. The Kier molecular flexibility index (Phi) is 5.85. The Balaban J connectivity index is 2.11. The third-order valence-corrected chi connectivity index (χ3v) is 3.64. The summed E-state index contributed by atoms with van der Waals surface area (Å²) in [5.74, 6) is 1.45. The Morgan fingerprint density at radius 2 is 2.05 bits per heavy atom. The molecule has 1 atom stereocenters. The van der Waals surface area contributed by atoms with Crippen LogP contribution in [0.1, 0.15) is 38.4 Å². The molecule has 1 unspecified atom stereocenters. The Labute approximate surface area is 135 Å². The van der Waals surface area contributed by atoms with Crippen LogP contribution in [-0.2, 0) is 11.3 Å². The highest BCUT2D eigenvalue weighted by Gasteiger charge is 2.16. The fourth-order valence-electron chi connectivity index (χ4n) is 2.10. The van der Waals surface area contributed by atoms with Gasteiger partial charge in [0.05, 0.1) is 17.0 Å². The Morgan fingerprint density at radius 1 is 1.29 bits per heavy atom. The molecular formula is C15H21Cl2N3O. The summed E-state index contributed by atoms with van der Waals surface area (Å²) in [4.78, 5) is 8.89. The van der Waals surface area contributed by atoms with Crippen LogP contribution in [0.15, 0.2) is 12.3 Å². The van der Waals surface area contributed by atoms with Gasteiger partial charge in [-0.3, -0.25) is 0 Å². The normalized spacial score (nSPS) is 13.2. The third-order valence-electron chi connectivity index (χ3n) is 3.24. The summed E-state index contributed by atoms with van der Waals surface area (Å²) in [6.45, 7) is 8.37. The molecular weight excluding hydrogens is 309 g/mol. The van der Waals surface area contributed by atoms with Crippen LogP contribution < -0.4 is 0 Å². The summed E-state index contributed by atoms with van der Waals surface area (Å²) in [5.41, 5.74) is 1.57. The van der Waals surface area contributed by atoms with Gasteiger partial charge in [-0.1, -0.05) is 25.4 Å². The van der Waals surface area contributed by atoms with E-state index in [0.29, 0.717) is 24.1 Å². The van der Waals surface area contributed by atoms with E-state index < -0.39 is 0 Å². The van der Waals surface area contributed by atoms with E-state index in [4.69, 9.17) is 27.9 Å². The standard InChI is InChI=1S/C15H21Cl2N3O/c1-10(2)4-6-21-7-5-20-14(11(3)16)19-13-8-12(17)9-18-15(13)20/h8-11H,4-7H2,1-3H3. The van der Waals surface area contributed by atoms with Crippen molar-refractivity contribution < 1.29 is 4.74 Å². The molecule has 116 valence electrons. The number of nitrogens with zero attached hydrogens (tertiary/aromatic N) is 3. The highest BCUT2D eigenvalue weighted by molar-refractivity contribution is 6.31. The summed E-state index contributed by atoms with van der Waals surface area (Å²) < 4.78 is 7.69. The van der Waals surface area contributed by atoms with E-state index in [9.17, 15) is 0 Å². The number of rotatable bonds is 7. The van der Waals surface area contributed by atoms with Crippen LogP contribution >= 0.6 is 23.2 Å². The Hall–Kier alpha value is -0.840. The predicted molar refractivity (Wildman–Crippen MR) is 87.1 cm³/mol. The molecule has 21 heavy (non-hydrogen) atoms. The molecule has 2 rings (SSSR count). The summed E-state index contributed by atoms with van der Waals surface area (Å²) in [5, 5.41) is 0.391. The number of hydrogen-bond acceptors (Lipinski definition) is 3. The maximum absolute atomic E-state index is 6.22. The molecule has 4 nitrogen and oxygen atoms in total. The minimum absolute atomic E-state index is 0.186. The van der Waals surface area contributed by atoms with Gasteiger partial charge in [0, 0.05) is 19.3 Å². The van der Waals surface area contributed by atoms with Crippen molar-refractivity contribution in [3.05, 3.63) is 23.1 Å². The molecule has 0 amide bonds. The van der Waals surface area contributed by atoms with Crippen molar-refractivity contribution in [1.82, 2.24) is 14.5 Å². The van der Waals surface area contributed by atoms with Crippen LogP contribution in [0.25, 0.3) is 11.2 Å². The Morgan fingerprint density at radius 3 is 2.71 bits per heavy atom. The average Bonchev–Trinajstić information content (AvgIpc) is 2.76. The van der Waals surface area contributed by atoms with Crippen molar-refractivity contribution in [2.45, 2.75) is 39.1 Å². The molecule has 0 spiro atoms. The number of ether oxygens (including phenoxy) is 1. The van der Waals surface area contributed by atoms with Crippen LogP contribution in [0, 0.1) is 5.92 Å². The van der Waals surface area contributed by atoms with E-state index in [1.807, 2.05) is 17.6 Å². The quantitative estimate of drug-likeness (QED) is 0.556. The topological polar surface area (TPSA) is 39.9 Å². The minimum Gasteiger partial charge on any atom is -0.380 e. The third kappa shape index (κ3) is 4.31. The fourth-order valence-corrected chi connectivity index (χ4v) is 2.42. The van der Waals surface area contributed by atoms with Gasteiger partial charge in [0.2, 0.25) is 0 Å². The van der Waals surface area contributed by atoms with Gasteiger partial charge in [-0.05, 0) is 25.3 Å². The molecule has 6 heteroatoms. The van der Waals surface area contributed by atoms with Gasteiger partial charge in [0.15, 0.2) is 5.65 Å². The van der Waals surface area contributed by atoms with E-state index in [2.05, 4.69) is 23.8 Å². The van der Waals surface area contributed by atoms with Crippen molar-refractivity contribution in [2.75, 3.05) is 13.2 Å². The molecule has 2 heterocycles. The first-order valence-corrected chi connectivity index (χ1v) is 8.04. The van der Waals surface area contributed by atoms with Crippen molar-refractivity contribution in [2.24, 2.45) is 5.92 Å². The van der Waals surface area contributed by atoms with Crippen molar-refractivity contribution >= 4 is 34.4 Å². The monoisotopic (exact) mass is 329 g/mol. The molecule has 0 aliphatic heterocycles. The van der Waals surface area contributed by atoms with Gasteiger partial charge >= 0.3 is 0 Å². The van der Waals surface area contributed by atoms with Crippen molar-refractivity contribution in [3.63, 3.8) is 0 Å². The molecule has 0 fully saturated rings. The van der Waals surface area contributed by atoms with E-state index in [1.54, 1.807) is 6.20 Å². The predicted octanol–water partition coefficient (Wildman–Crippen LogP) is 4.45. The molecule has 2 aromatic rings. The zero-order valence-electron chi connectivity index (χ0n) is 12.6. The van der Waals surface area contributed by atoms with Crippen LogP contribution in [0.5, 0.6) is 0 Å². The molecule has 0 saturated carbocycles. The lowest BCUT2D eigenvalue weighted by Gasteiger charge is -2.11.